The van der Waals surface area contributed by atoms with E-state index in [1.54, 1.807) is 13.2 Å². The van der Waals surface area contributed by atoms with Gasteiger partial charge in [0.25, 0.3) is 0 Å². The molecule has 5 nitrogen and oxygen atoms in total. The predicted molar refractivity (Wildman–Crippen MR) is 87.6 cm³/mol. The van der Waals surface area contributed by atoms with Crippen molar-refractivity contribution in [1.29, 1.82) is 0 Å². The number of methoxy groups -OCH3 is 1. The molecular weight excluding hydrogens is 280 g/mol. The zero-order valence-corrected chi connectivity index (χ0v) is 13.6. The second kappa shape index (κ2) is 8.87. The number of hydrogen-bond acceptors (Lipinski definition) is 3. The zero-order valence-electron chi connectivity index (χ0n) is 13.6. The molecule has 0 aliphatic carbocycles. The van der Waals surface area contributed by atoms with Gasteiger partial charge in [0.1, 0.15) is 5.75 Å². The van der Waals surface area contributed by atoms with Gasteiger partial charge < -0.3 is 15.4 Å². The van der Waals surface area contributed by atoms with Crippen LogP contribution >= 0.6 is 0 Å². The third kappa shape index (κ3) is 5.99. The van der Waals surface area contributed by atoms with Gasteiger partial charge in [-0.2, -0.15) is 0 Å². The van der Waals surface area contributed by atoms with Crippen LogP contribution in [-0.2, 0) is 9.59 Å². The average molecular weight is 304 g/mol. The van der Waals surface area contributed by atoms with Gasteiger partial charge in [0, 0.05) is 30.6 Å². The summed E-state index contributed by atoms with van der Waals surface area (Å²) >= 11 is 0. The number of carbonyl (C=O) groups excluding carboxylic acids is 2. The number of nitrogens with one attached hydrogen (secondary N) is 2. The maximum atomic E-state index is 11.7. The Labute approximate surface area is 131 Å². The molecule has 120 valence electrons. The van der Waals surface area contributed by atoms with Crippen LogP contribution in [0.1, 0.15) is 25.0 Å². The first-order chi connectivity index (χ1) is 10.4. The number of rotatable bonds is 7. The zero-order chi connectivity index (χ0) is 16.5. The minimum Gasteiger partial charge on any atom is -0.496 e. The van der Waals surface area contributed by atoms with E-state index in [1.807, 2.05) is 39.0 Å². The molecule has 22 heavy (non-hydrogen) atoms. The first kappa shape index (κ1) is 17.8. The van der Waals surface area contributed by atoms with E-state index in [0.717, 1.165) is 16.9 Å². The van der Waals surface area contributed by atoms with Gasteiger partial charge in [-0.05, 0) is 25.1 Å². The van der Waals surface area contributed by atoms with Crippen molar-refractivity contribution >= 4 is 17.9 Å². The van der Waals surface area contributed by atoms with Gasteiger partial charge in [0.15, 0.2) is 0 Å². The molecular formula is C17H24N2O3. The molecule has 1 rings (SSSR count). The van der Waals surface area contributed by atoms with Crippen molar-refractivity contribution in [2.75, 3.05) is 20.2 Å². The Bertz CT molecular complexity index is 551. The highest BCUT2D eigenvalue weighted by molar-refractivity contribution is 5.92. The molecule has 0 heterocycles. The molecule has 1 aromatic carbocycles. The Morgan fingerprint density at radius 2 is 1.91 bits per heavy atom. The number of amides is 2. The van der Waals surface area contributed by atoms with Crippen molar-refractivity contribution in [3.8, 4) is 5.75 Å². The van der Waals surface area contributed by atoms with Gasteiger partial charge in [-0.3, -0.25) is 9.59 Å². The minimum atomic E-state index is -0.206. The van der Waals surface area contributed by atoms with Crippen LogP contribution in [0.2, 0.25) is 0 Å². The molecule has 0 spiro atoms. The van der Waals surface area contributed by atoms with E-state index in [-0.39, 0.29) is 17.7 Å². The third-order valence-corrected chi connectivity index (χ3v) is 3.05. The highest BCUT2D eigenvalue weighted by Gasteiger charge is 2.05. The van der Waals surface area contributed by atoms with E-state index in [1.165, 1.54) is 6.08 Å². The van der Waals surface area contributed by atoms with Crippen LogP contribution in [0.4, 0.5) is 0 Å². The van der Waals surface area contributed by atoms with Crippen LogP contribution in [0.5, 0.6) is 5.75 Å². The minimum absolute atomic E-state index is 0.0192. The first-order valence-corrected chi connectivity index (χ1v) is 7.32. The van der Waals surface area contributed by atoms with Crippen LogP contribution in [0, 0.1) is 12.8 Å². The molecule has 2 N–H and O–H groups in total. The fraction of sp³-hybridized carbons (Fsp3) is 0.412. The van der Waals surface area contributed by atoms with Crippen molar-refractivity contribution in [1.82, 2.24) is 10.6 Å². The Hall–Kier alpha value is -2.30. The molecule has 0 bridgehead atoms. The summed E-state index contributed by atoms with van der Waals surface area (Å²) in [5, 5.41) is 5.46. The second-order valence-electron chi connectivity index (χ2n) is 5.32. The summed E-state index contributed by atoms with van der Waals surface area (Å²) in [6.45, 7) is 6.45. The van der Waals surface area contributed by atoms with E-state index in [0.29, 0.717) is 13.1 Å². The first-order valence-electron chi connectivity index (χ1n) is 7.32. The van der Waals surface area contributed by atoms with Crippen molar-refractivity contribution in [2.45, 2.75) is 20.8 Å². The van der Waals surface area contributed by atoms with Crippen LogP contribution in [0.3, 0.4) is 0 Å². The lowest BCUT2D eigenvalue weighted by Crippen LogP contribution is -2.35. The molecule has 0 radical (unpaired) electrons. The van der Waals surface area contributed by atoms with Crippen LogP contribution in [-0.4, -0.2) is 32.0 Å². The molecule has 0 atom stereocenters. The molecule has 0 aromatic heterocycles. The number of benzene rings is 1. The van der Waals surface area contributed by atoms with Gasteiger partial charge in [0.05, 0.1) is 7.11 Å². The number of aryl methyl sites for hydroxylation is 1. The number of ether oxygens (including phenoxy) is 1. The van der Waals surface area contributed by atoms with Crippen LogP contribution in [0.15, 0.2) is 24.3 Å². The Balaban J connectivity index is 2.45. The topological polar surface area (TPSA) is 67.4 Å². The van der Waals surface area contributed by atoms with Gasteiger partial charge >= 0.3 is 0 Å². The van der Waals surface area contributed by atoms with Gasteiger partial charge in [0.2, 0.25) is 11.8 Å². The Kier molecular flexibility index (Phi) is 7.16. The SMILES string of the molecule is COc1ccc(C)cc1/C=C/C(=O)NCCNC(=O)C(C)C. The standard InChI is InChI=1S/C17H24N2O3/c1-12(2)17(21)19-10-9-18-16(20)8-6-14-11-13(3)5-7-15(14)22-4/h5-8,11-12H,9-10H2,1-4H3,(H,18,20)(H,19,21)/b8-6+. The lowest BCUT2D eigenvalue weighted by molar-refractivity contribution is -0.124. The van der Waals surface area contributed by atoms with Gasteiger partial charge in [-0.25, -0.2) is 0 Å². The second-order valence-corrected chi connectivity index (χ2v) is 5.32. The maximum Gasteiger partial charge on any atom is 0.244 e. The van der Waals surface area contributed by atoms with E-state index < -0.39 is 0 Å². The summed E-state index contributed by atoms with van der Waals surface area (Å²) in [5.41, 5.74) is 1.95. The van der Waals surface area contributed by atoms with Crippen molar-refractivity contribution in [2.24, 2.45) is 5.92 Å². The van der Waals surface area contributed by atoms with Gasteiger partial charge in [-0.15, -0.1) is 0 Å². The number of hydrogen-bond donors (Lipinski definition) is 2. The maximum absolute atomic E-state index is 11.7. The summed E-state index contributed by atoms with van der Waals surface area (Å²) in [6.07, 6.45) is 3.18. The molecule has 0 aliphatic heterocycles. The lowest BCUT2D eigenvalue weighted by atomic mass is 10.1. The Morgan fingerprint density at radius 1 is 1.23 bits per heavy atom. The normalized spacial score (nSPS) is 10.8. The summed E-state index contributed by atoms with van der Waals surface area (Å²) in [5.74, 6) is 0.444. The summed E-state index contributed by atoms with van der Waals surface area (Å²) < 4.78 is 5.25. The largest absolute Gasteiger partial charge is 0.496 e. The lowest BCUT2D eigenvalue weighted by Gasteiger charge is -2.08. The molecule has 0 fully saturated rings. The molecule has 0 aliphatic rings. The molecule has 1 aromatic rings. The van der Waals surface area contributed by atoms with Crippen molar-refractivity contribution in [3.63, 3.8) is 0 Å². The van der Waals surface area contributed by atoms with Crippen molar-refractivity contribution < 1.29 is 14.3 Å². The summed E-state index contributed by atoms with van der Waals surface area (Å²) in [4.78, 5) is 23.1. The number of carbonyl (C=O) groups is 2. The third-order valence-electron chi connectivity index (χ3n) is 3.05. The quantitative estimate of drug-likeness (QED) is 0.597. The van der Waals surface area contributed by atoms with E-state index >= 15 is 0 Å². The Morgan fingerprint density at radius 3 is 2.55 bits per heavy atom. The molecule has 5 heteroatoms. The highest BCUT2D eigenvalue weighted by atomic mass is 16.5. The molecule has 2 amide bonds. The summed E-state index contributed by atoms with van der Waals surface area (Å²) in [6, 6.07) is 5.77. The van der Waals surface area contributed by atoms with Crippen LogP contribution in [0.25, 0.3) is 6.08 Å². The molecule has 0 unspecified atom stereocenters. The smallest absolute Gasteiger partial charge is 0.244 e. The highest BCUT2D eigenvalue weighted by Crippen LogP contribution is 2.20. The van der Waals surface area contributed by atoms with E-state index in [4.69, 9.17) is 4.74 Å². The van der Waals surface area contributed by atoms with Crippen LogP contribution < -0.4 is 15.4 Å². The van der Waals surface area contributed by atoms with Gasteiger partial charge in [-0.1, -0.05) is 25.5 Å². The van der Waals surface area contributed by atoms with E-state index in [2.05, 4.69) is 10.6 Å². The van der Waals surface area contributed by atoms with E-state index in [9.17, 15) is 9.59 Å². The monoisotopic (exact) mass is 304 g/mol. The fourth-order valence-electron chi connectivity index (χ4n) is 1.78. The summed E-state index contributed by atoms with van der Waals surface area (Å²) in [7, 11) is 1.60. The van der Waals surface area contributed by atoms with Crippen molar-refractivity contribution in [3.05, 3.63) is 35.4 Å². The molecule has 0 saturated carbocycles. The predicted octanol–water partition coefficient (Wildman–Crippen LogP) is 1.91. The molecule has 0 saturated heterocycles. The fourth-order valence-corrected chi connectivity index (χ4v) is 1.78. The average Bonchev–Trinajstić information content (AvgIpc) is 2.49.